The summed E-state index contributed by atoms with van der Waals surface area (Å²) in [5.74, 6) is -0.440. The number of halogens is 2. The van der Waals surface area contributed by atoms with Gasteiger partial charge >= 0.3 is 0 Å². The van der Waals surface area contributed by atoms with Crippen LogP contribution < -0.4 is 5.32 Å². The smallest absolute Gasteiger partial charge is 0.129 e. The Morgan fingerprint density at radius 1 is 1.47 bits per heavy atom. The molecule has 0 spiro atoms. The fourth-order valence-electron chi connectivity index (χ4n) is 2.34. The normalized spacial score (nSPS) is 25.8. The average Bonchev–Trinajstić information content (AvgIpc) is 2.66. The fourth-order valence-corrected chi connectivity index (χ4v) is 2.34. The summed E-state index contributed by atoms with van der Waals surface area (Å²) in [4.78, 5) is 0. The summed E-state index contributed by atoms with van der Waals surface area (Å²) in [6.07, 6.45) is 1.99. The van der Waals surface area contributed by atoms with Crippen molar-refractivity contribution in [2.75, 3.05) is 6.54 Å². The van der Waals surface area contributed by atoms with Crippen LogP contribution in [0.25, 0.3) is 0 Å². The SMILES string of the molecule is CC1(c2cccc(F)c2CF)CCCN1. The lowest BCUT2D eigenvalue weighted by Crippen LogP contribution is -2.34. The number of hydrogen-bond donors (Lipinski definition) is 1. The third-order valence-electron chi connectivity index (χ3n) is 3.22. The Labute approximate surface area is 88.5 Å². The van der Waals surface area contributed by atoms with Crippen molar-refractivity contribution < 1.29 is 8.78 Å². The lowest BCUT2D eigenvalue weighted by atomic mass is 9.87. The molecule has 15 heavy (non-hydrogen) atoms. The molecule has 1 aliphatic heterocycles. The Balaban J connectivity index is 2.47. The number of benzene rings is 1. The molecule has 0 radical (unpaired) electrons. The lowest BCUT2D eigenvalue weighted by molar-refractivity contribution is 0.403. The van der Waals surface area contributed by atoms with E-state index in [-0.39, 0.29) is 11.1 Å². The molecule has 1 nitrogen and oxygen atoms in total. The highest BCUT2D eigenvalue weighted by Gasteiger charge is 2.32. The second-order valence-corrected chi connectivity index (χ2v) is 4.26. The molecule has 0 saturated carbocycles. The van der Waals surface area contributed by atoms with Crippen LogP contribution in [0.2, 0.25) is 0 Å². The Morgan fingerprint density at radius 2 is 2.27 bits per heavy atom. The van der Waals surface area contributed by atoms with Gasteiger partial charge in [-0.3, -0.25) is 0 Å². The Morgan fingerprint density at radius 3 is 2.87 bits per heavy atom. The minimum atomic E-state index is -0.737. The Bertz CT molecular complexity index is 357. The minimum absolute atomic E-state index is 0.203. The maximum atomic E-state index is 13.4. The van der Waals surface area contributed by atoms with E-state index >= 15 is 0 Å². The van der Waals surface area contributed by atoms with Crippen molar-refractivity contribution >= 4 is 0 Å². The van der Waals surface area contributed by atoms with Crippen molar-refractivity contribution in [3.8, 4) is 0 Å². The molecule has 0 bridgehead atoms. The summed E-state index contributed by atoms with van der Waals surface area (Å²) in [6, 6.07) is 4.78. The van der Waals surface area contributed by atoms with Gasteiger partial charge in [0.05, 0.1) is 0 Å². The van der Waals surface area contributed by atoms with Crippen LogP contribution >= 0.6 is 0 Å². The molecule has 0 amide bonds. The molecule has 1 fully saturated rings. The average molecular weight is 211 g/mol. The highest BCUT2D eigenvalue weighted by molar-refractivity contribution is 5.34. The van der Waals surface area contributed by atoms with Crippen LogP contribution in [0.3, 0.4) is 0 Å². The van der Waals surface area contributed by atoms with E-state index < -0.39 is 12.5 Å². The fraction of sp³-hybridized carbons (Fsp3) is 0.500. The van der Waals surface area contributed by atoms with Gasteiger partial charge in [-0.2, -0.15) is 0 Å². The van der Waals surface area contributed by atoms with E-state index in [9.17, 15) is 8.78 Å². The molecule has 1 atom stereocenters. The zero-order valence-electron chi connectivity index (χ0n) is 8.82. The van der Waals surface area contributed by atoms with Gasteiger partial charge in [-0.25, -0.2) is 8.78 Å². The predicted octanol–water partition coefficient (Wildman–Crippen LogP) is 2.89. The zero-order valence-corrected chi connectivity index (χ0v) is 8.82. The highest BCUT2D eigenvalue weighted by Crippen LogP contribution is 2.33. The monoisotopic (exact) mass is 211 g/mol. The van der Waals surface area contributed by atoms with E-state index in [0.29, 0.717) is 0 Å². The van der Waals surface area contributed by atoms with Crippen molar-refractivity contribution in [2.45, 2.75) is 32.0 Å². The summed E-state index contributed by atoms with van der Waals surface area (Å²) in [7, 11) is 0. The largest absolute Gasteiger partial charge is 0.308 e. The zero-order chi connectivity index (χ0) is 10.9. The molecular weight excluding hydrogens is 196 g/mol. The quantitative estimate of drug-likeness (QED) is 0.793. The highest BCUT2D eigenvalue weighted by atomic mass is 19.1. The number of alkyl halides is 1. The van der Waals surface area contributed by atoms with Crippen LogP contribution in [-0.2, 0) is 12.2 Å². The van der Waals surface area contributed by atoms with Gasteiger partial charge in [0.1, 0.15) is 12.5 Å². The summed E-state index contributed by atoms with van der Waals surface area (Å²) >= 11 is 0. The third kappa shape index (κ3) is 1.76. The molecule has 0 aliphatic carbocycles. The van der Waals surface area contributed by atoms with Crippen LogP contribution in [0.15, 0.2) is 18.2 Å². The molecule has 1 aromatic rings. The molecule has 3 heteroatoms. The van der Waals surface area contributed by atoms with Crippen molar-refractivity contribution in [1.82, 2.24) is 5.32 Å². The molecule has 82 valence electrons. The second kappa shape index (κ2) is 3.89. The first-order valence-corrected chi connectivity index (χ1v) is 5.26. The van der Waals surface area contributed by atoms with Gasteiger partial charge in [0, 0.05) is 11.1 Å². The van der Waals surface area contributed by atoms with Gasteiger partial charge in [-0.05, 0) is 37.9 Å². The number of hydrogen-bond acceptors (Lipinski definition) is 1. The molecular formula is C12H15F2N. The van der Waals surface area contributed by atoms with Gasteiger partial charge in [-0.15, -0.1) is 0 Å². The lowest BCUT2D eigenvalue weighted by Gasteiger charge is -2.27. The molecule has 1 aromatic carbocycles. The first kappa shape index (κ1) is 10.6. The molecule has 1 unspecified atom stereocenters. The van der Waals surface area contributed by atoms with Crippen molar-refractivity contribution in [2.24, 2.45) is 0 Å². The summed E-state index contributed by atoms with van der Waals surface area (Å²) < 4.78 is 26.2. The van der Waals surface area contributed by atoms with Gasteiger partial charge in [0.15, 0.2) is 0 Å². The molecule has 0 aromatic heterocycles. The molecule has 1 N–H and O–H groups in total. The van der Waals surface area contributed by atoms with E-state index in [0.717, 1.165) is 24.9 Å². The van der Waals surface area contributed by atoms with E-state index in [1.165, 1.54) is 6.07 Å². The standard InChI is InChI=1S/C12H15F2N/c1-12(6-3-7-15-12)10-4-2-5-11(14)9(10)8-13/h2,4-5,15H,3,6-8H2,1H3. The molecule has 1 heterocycles. The van der Waals surface area contributed by atoms with Crippen molar-refractivity contribution in [3.05, 3.63) is 35.1 Å². The van der Waals surface area contributed by atoms with Crippen LogP contribution in [-0.4, -0.2) is 6.54 Å². The van der Waals surface area contributed by atoms with Gasteiger partial charge in [0.25, 0.3) is 0 Å². The maximum absolute atomic E-state index is 13.4. The van der Waals surface area contributed by atoms with Crippen LogP contribution in [0.1, 0.15) is 30.9 Å². The van der Waals surface area contributed by atoms with Crippen LogP contribution in [0, 0.1) is 5.82 Å². The molecule has 1 saturated heterocycles. The van der Waals surface area contributed by atoms with E-state index in [4.69, 9.17) is 0 Å². The maximum Gasteiger partial charge on any atom is 0.129 e. The molecule has 2 rings (SSSR count). The van der Waals surface area contributed by atoms with Gasteiger partial charge in [0.2, 0.25) is 0 Å². The summed E-state index contributed by atoms with van der Waals surface area (Å²) in [5, 5.41) is 3.32. The predicted molar refractivity (Wildman–Crippen MR) is 55.8 cm³/mol. The first-order chi connectivity index (χ1) is 7.17. The summed E-state index contributed by atoms with van der Waals surface area (Å²) in [6.45, 7) is 2.19. The molecule has 1 aliphatic rings. The first-order valence-electron chi connectivity index (χ1n) is 5.26. The Kier molecular flexibility index (Phi) is 2.74. The Hall–Kier alpha value is -0.960. The van der Waals surface area contributed by atoms with E-state index in [2.05, 4.69) is 5.32 Å². The van der Waals surface area contributed by atoms with E-state index in [1.807, 2.05) is 13.0 Å². The summed E-state index contributed by atoms with van der Waals surface area (Å²) in [5.41, 5.74) is 0.709. The second-order valence-electron chi connectivity index (χ2n) is 4.26. The van der Waals surface area contributed by atoms with Crippen molar-refractivity contribution in [1.29, 1.82) is 0 Å². The third-order valence-corrected chi connectivity index (χ3v) is 3.22. The van der Waals surface area contributed by atoms with Crippen molar-refractivity contribution in [3.63, 3.8) is 0 Å². The number of rotatable bonds is 2. The minimum Gasteiger partial charge on any atom is -0.308 e. The number of nitrogens with one attached hydrogen (secondary N) is 1. The van der Waals surface area contributed by atoms with E-state index in [1.54, 1.807) is 6.07 Å². The topological polar surface area (TPSA) is 12.0 Å². The van der Waals surface area contributed by atoms with Crippen LogP contribution in [0.5, 0.6) is 0 Å². The van der Waals surface area contributed by atoms with Crippen LogP contribution in [0.4, 0.5) is 8.78 Å². The van der Waals surface area contributed by atoms with Gasteiger partial charge < -0.3 is 5.32 Å². The van der Waals surface area contributed by atoms with Gasteiger partial charge in [-0.1, -0.05) is 12.1 Å².